The summed E-state index contributed by atoms with van der Waals surface area (Å²) in [5.74, 6) is 0. The molecule has 0 bridgehead atoms. The van der Waals surface area contributed by atoms with Gasteiger partial charge < -0.3 is 14.9 Å². The zero-order valence-electron chi connectivity index (χ0n) is 15.2. The molecule has 1 aliphatic heterocycles. The van der Waals surface area contributed by atoms with E-state index < -0.39 is 23.7 Å². The van der Waals surface area contributed by atoms with Gasteiger partial charge >= 0.3 is 0 Å². The molecule has 4 atom stereocenters. The Bertz CT molecular complexity index is 1090. The second-order valence-electron chi connectivity index (χ2n) is 6.51. The fraction of sp³-hybridized carbons (Fsp3) is 0.333. The van der Waals surface area contributed by atoms with Crippen molar-refractivity contribution in [3.05, 3.63) is 45.5 Å². The van der Waals surface area contributed by atoms with E-state index in [4.69, 9.17) is 27.9 Å². The molecule has 0 radical (unpaired) electrons. The molecule has 1 saturated heterocycles. The highest BCUT2D eigenvalue weighted by molar-refractivity contribution is 7.99. The number of aromatic nitrogens is 4. The molecule has 8 nitrogen and oxygen atoms in total. The zero-order valence-corrected chi connectivity index (χ0v) is 18.4. The molecular formula is C18H15Cl2N5O3S2. The molecule has 0 unspecified atom stereocenters. The van der Waals surface area contributed by atoms with E-state index in [1.54, 1.807) is 34.5 Å². The van der Waals surface area contributed by atoms with E-state index in [1.165, 1.54) is 23.1 Å². The van der Waals surface area contributed by atoms with Gasteiger partial charge in [0.2, 0.25) is 0 Å². The van der Waals surface area contributed by atoms with Crippen LogP contribution in [0.5, 0.6) is 0 Å². The van der Waals surface area contributed by atoms with E-state index in [2.05, 4.69) is 21.4 Å². The van der Waals surface area contributed by atoms with Gasteiger partial charge in [-0.15, -0.1) is 16.4 Å². The van der Waals surface area contributed by atoms with Crippen molar-refractivity contribution in [3.8, 4) is 16.8 Å². The van der Waals surface area contributed by atoms with Crippen LogP contribution in [0.3, 0.4) is 0 Å². The average Bonchev–Trinajstić information content (AvgIpc) is 3.38. The molecule has 30 heavy (non-hydrogen) atoms. The number of aliphatic hydroxyl groups is 2. The van der Waals surface area contributed by atoms with Crippen LogP contribution in [-0.2, 0) is 4.74 Å². The lowest BCUT2D eigenvalue weighted by Gasteiger charge is -2.38. The molecule has 0 saturated carbocycles. The van der Waals surface area contributed by atoms with Crippen LogP contribution >= 0.6 is 46.3 Å². The van der Waals surface area contributed by atoms with Gasteiger partial charge in [0.1, 0.15) is 39.6 Å². The predicted molar refractivity (Wildman–Crippen MR) is 114 cm³/mol. The quantitative estimate of drug-likeness (QED) is 0.566. The maximum Gasteiger partial charge on any atom is 0.147 e. The number of nitriles is 1. The number of benzene rings is 1. The molecule has 2 aromatic heterocycles. The number of aliphatic hydroxyl groups excluding tert-OH is 2. The highest BCUT2D eigenvalue weighted by Crippen LogP contribution is 2.39. The zero-order chi connectivity index (χ0) is 21.3. The Hall–Kier alpha value is -1.71. The summed E-state index contributed by atoms with van der Waals surface area (Å²) in [5.41, 5.74) is 0.569. The lowest BCUT2D eigenvalue weighted by molar-refractivity contribution is -0.130. The summed E-state index contributed by atoms with van der Waals surface area (Å²) in [6, 6.07) is 6.63. The smallest absolute Gasteiger partial charge is 0.147 e. The summed E-state index contributed by atoms with van der Waals surface area (Å²) in [6.45, 7) is -0.362. The van der Waals surface area contributed by atoms with E-state index in [0.717, 1.165) is 0 Å². The summed E-state index contributed by atoms with van der Waals surface area (Å²) in [4.78, 5) is 4.85. The van der Waals surface area contributed by atoms with Gasteiger partial charge in [0.15, 0.2) is 0 Å². The standard InChI is InChI=1S/C18H15Cl2N5O3S2/c19-10-2-1-9(5-21)14(3-10)30-16-4-12(17(27)13(7-26)28-16)25-6-11(23-24-25)18-22-15(20)8-29-18/h1-3,6,8,12-13,16-17,26-27H,4,7H2/t12-,13-,16-,17-/m1/s1. The Labute approximate surface area is 190 Å². The summed E-state index contributed by atoms with van der Waals surface area (Å²) < 4.78 is 7.41. The maximum atomic E-state index is 10.7. The molecule has 3 heterocycles. The van der Waals surface area contributed by atoms with Gasteiger partial charge in [-0.05, 0) is 18.2 Å². The molecule has 156 valence electrons. The van der Waals surface area contributed by atoms with Crippen LogP contribution in [-0.4, -0.2) is 54.4 Å². The number of hydrogen-bond acceptors (Lipinski definition) is 9. The van der Waals surface area contributed by atoms with E-state index in [1.807, 2.05) is 0 Å². The number of thioether (sulfide) groups is 1. The maximum absolute atomic E-state index is 10.7. The number of hydrogen-bond donors (Lipinski definition) is 2. The predicted octanol–water partition coefficient (Wildman–Crippen LogP) is 3.38. The minimum atomic E-state index is -0.990. The highest BCUT2D eigenvalue weighted by Gasteiger charge is 2.39. The fourth-order valence-electron chi connectivity index (χ4n) is 3.14. The first kappa shape index (κ1) is 21.5. The molecule has 0 spiro atoms. The molecule has 4 rings (SSSR count). The van der Waals surface area contributed by atoms with E-state index in [-0.39, 0.29) is 6.61 Å². The van der Waals surface area contributed by atoms with Crippen molar-refractivity contribution in [1.29, 1.82) is 5.26 Å². The highest BCUT2D eigenvalue weighted by atomic mass is 35.5. The second kappa shape index (κ2) is 9.20. The minimum Gasteiger partial charge on any atom is -0.394 e. The van der Waals surface area contributed by atoms with Crippen LogP contribution in [0.4, 0.5) is 0 Å². The van der Waals surface area contributed by atoms with Crippen LogP contribution in [0, 0.1) is 11.3 Å². The van der Waals surface area contributed by atoms with Crippen molar-refractivity contribution in [2.75, 3.05) is 6.61 Å². The average molecular weight is 484 g/mol. The third-order valence-electron chi connectivity index (χ3n) is 4.58. The Kier molecular flexibility index (Phi) is 6.60. The van der Waals surface area contributed by atoms with Crippen molar-refractivity contribution >= 4 is 46.3 Å². The van der Waals surface area contributed by atoms with Crippen LogP contribution < -0.4 is 0 Å². The normalized spacial score (nSPS) is 24.0. The van der Waals surface area contributed by atoms with Crippen molar-refractivity contribution < 1.29 is 14.9 Å². The van der Waals surface area contributed by atoms with Gasteiger partial charge in [-0.3, -0.25) is 0 Å². The number of halogens is 2. The molecule has 0 aliphatic carbocycles. The van der Waals surface area contributed by atoms with E-state index in [9.17, 15) is 15.5 Å². The van der Waals surface area contributed by atoms with Crippen LogP contribution in [0.1, 0.15) is 18.0 Å². The van der Waals surface area contributed by atoms with Gasteiger partial charge in [0.05, 0.1) is 24.4 Å². The Morgan fingerprint density at radius 1 is 1.40 bits per heavy atom. The Morgan fingerprint density at radius 3 is 2.93 bits per heavy atom. The molecule has 12 heteroatoms. The van der Waals surface area contributed by atoms with Gasteiger partial charge in [0, 0.05) is 21.7 Å². The first-order chi connectivity index (χ1) is 14.5. The summed E-state index contributed by atoms with van der Waals surface area (Å²) in [7, 11) is 0. The lowest BCUT2D eigenvalue weighted by atomic mass is 10.00. The van der Waals surface area contributed by atoms with Gasteiger partial charge in [-0.1, -0.05) is 40.2 Å². The van der Waals surface area contributed by atoms with Crippen molar-refractivity contribution in [2.45, 2.75) is 35.0 Å². The summed E-state index contributed by atoms with van der Waals surface area (Å²) in [5, 5.41) is 41.2. The monoisotopic (exact) mass is 483 g/mol. The Balaban J connectivity index is 1.58. The lowest BCUT2D eigenvalue weighted by Crippen LogP contribution is -2.47. The molecule has 2 N–H and O–H groups in total. The Morgan fingerprint density at radius 2 is 2.23 bits per heavy atom. The number of rotatable bonds is 5. The van der Waals surface area contributed by atoms with Gasteiger partial charge in [0.25, 0.3) is 0 Å². The summed E-state index contributed by atoms with van der Waals surface area (Å²) >= 11 is 14.6. The molecule has 1 aliphatic rings. The largest absolute Gasteiger partial charge is 0.394 e. The van der Waals surface area contributed by atoms with Crippen molar-refractivity contribution in [1.82, 2.24) is 20.0 Å². The number of nitrogens with zero attached hydrogens (tertiary/aromatic N) is 5. The second-order valence-corrected chi connectivity index (χ2v) is 9.39. The van der Waals surface area contributed by atoms with E-state index in [0.29, 0.717) is 37.8 Å². The van der Waals surface area contributed by atoms with Gasteiger partial charge in [-0.25, -0.2) is 9.67 Å². The van der Waals surface area contributed by atoms with Crippen LogP contribution in [0.15, 0.2) is 34.7 Å². The number of thiazole rings is 1. The van der Waals surface area contributed by atoms with Crippen molar-refractivity contribution in [3.63, 3.8) is 0 Å². The number of ether oxygens (including phenoxy) is 1. The van der Waals surface area contributed by atoms with Gasteiger partial charge in [-0.2, -0.15) is 5.26 Å². The third-order valence-corrected chi connectivity index (χ3v) is 7.16. The minimum absolute atomic E-state index is 0.362. The van der Waals surface area contributed by atoms with Crippen LogP contribution in [0.2, 0.25) is 10.2 Å². The van der Waals surface area contributed by atoms with E-state index >= 15 is 0 Å². The topological polar surface area (TPSA) is 117 Å². The first-order valence-corrected chi connectivity index (χ1v) is 11.3. The molecule has 3 aromatic rings. The third kappa shape index (κ3) is 4.48. The van der Waals surface area contributed by atoms with Crippen molar-refractivity contribution in [2.24, 2.45) is 0 Å². The molecule has 1 fully saturated rings. The molecular weight excluding hydrogens is 469 g/mol. The van der Waals surface area contributed by atoms with Crippen LogP contribution in [0.25, 0.3) is 10.7 Å². The fourth-order valence-corrected chi connectivity index (χ4v) is 5.49. The molecule has 0 amide bonds. The summed E-state index contributed by atoms with van der Waals surface area (Å²) in [6.07, 6.45) is 0.259. The molecule has 1 aromatic carbocycles. The first-order valence-electron chi connectivity index (χ1n) is 8.82. The SMILES string of the molecule is N#Cc1ccc(Cl)cc1S[C@@H]1C[C@@H](n2cc(-c3nc(Cl)cs3)nn2)[C@@H](O)[C@@H](CO)O1.